The number of carbonyl (C=O) groups excluding carboxylic acids is 2. The number of aromatic nitrogens is 2. The molecule has 0 spiro atoms. The summed E-state index contributed by atoms with van der Waals surface area (Å²) in [5.41, 5.74) is 4.49. The van der Waals surface area contributed by atoms with Gasteiger partial charge in [0.05, 0.1) is 11.9 Å². The van der Waals surface area contributed by atoms with Crippen LogP contribution in [0.4, 0.5) is 10.5 Å². The number of aromatic carboxylic acids is 1. The molecule has 1 atom stereocenters. The lowest BCUT2D eigenvalue weighted by molar-refractivity contribution is -0.116. The molecule has 9 heteroatoms. The highest BCUT2D eigenvalue weighted by atomic mass is 16.5. The highest BCUT2D eigenvalue weighted by molar-refractivity contribution is 5.99. The van der Waals surface area contributed by atoms with Crippen LogP contribution in [0.15, 0.2) is 54.7 Å². The van der Waals surface area contributed by atoms with E-state index >= 15 is 0 Å². The number of fused-ring (bicyclic) bond motifs is 3. The molecule has 0 unspecified atom stereocenters. The zero-order valence-electron chi connectivity index (χ0n) is 18.2. The summed E-state index contributed by atoms with van der Waals surface area (Å²) in [4.78, 5) is 36.0. The van der Waals surface area contributed by atoms with Gasteiger partial charge in [-0.2, -0.15) is 5.10 Å². The van der Waals surface area contributed by atoms with E-state index in [0.29, 0.717) is 0 Å². The molecule has 1 aliphatic carbocycles. The van der Waals surface area contributed by atoms with E-state index in [1.54, 1.807) is 6.92 Å². The second-order valence-electron chi connectivity index (χ2n) is 7.96. The summed E-state index contributed by atoms with van der Waals surface area (Å²) >= 11 is 0. The number of nitrogens with zero attached hydrogens (tertiary/aromatic N) is 2. The van der Waals surface area contributed by atoms with E-state index in [4.69, 9.17) is 4.74 Å². The van der Waals surface area contributed by atoms with Crippen LogP contribution in [-0.2, 0) is 16.6 Å². The molecule has 170 valence electrons. The molecule has 33 heavy (non-hydrogen) atoms. The number of carboxylic acids is 1. The number of alkyl carbamates (subject to hydrolysis) is 1. The summed E-state index contributed by atoms with van der Waals surface area (Å²) in [5, 5.41) is 18.3. The SMILES string of the molecule is C[C@H](CC(=O)Nc1cnn(C)c1C(=O)O)NC(=O)OCC1c2ccccc2-c2ccccc21. The van der Waals surface area contributed by atoms with Crippen LogP contribution in [0.2, 0.25) is 0 Å². The summed E-state index contributed by atoms with van der Waals surface area (Å²) in [5.74, 6) is -1.70. The molecule has 0 radical (unpaired) electrons. The van der Waals surface area contributed by atoms with Crippen LogP contribution in [0.5, 0.6) is 0 Å². The normalized spacial score (nSPS) is 13.0. The van der Waals surface area contributed by atoms with E-state index < -0.39 is 24.0 Å². The molecule has 0 aliphatic heterocycles. The molecule has 3 aromatic rings. The van der Waals surface area contributed by atoms with Crippen molar-refractivity contribution in [2.45, 2.75) is 25.3 Å². The maximum absolute atomic E-state index is 12.4. The molecule has 0 saturated carbocycles. The number of aryl methyl sites for hydroxylation is 1. The minimum Gasteiger partial charge on any atom is -0.476 e. The summed E-state index contributed by atoms with van der Waals surface area (Å²) in [6.45, 7) is 1.85. The van der Waals surface area contributed by atoms with Gasteiger partial charge in [-0.05, 0) is 29.2 Å². The first-order chi connectivity index (χ1) is 15.8. The minimum atomic E-state index is -1.20. The Morgan fingerprint density at radius 1 is 1.09 bits per heavy atom. The van der Waals surface area contributed by atoms with Crippen molar-refractivity contribution in [2.75, 3.05) is 11.9 Å². The van der Waals surface area contributed by atoms with E-state index in [0.717, 1.165) is 26.9 Å². The van der Waals surface area contributed by atoms with Gasteiger partial charge < -0.3 is 20.5 Å². The number of carbonyl (C=O) groups is 3. The number of nitrogens with one attached hydrogen (secondary N) is 2. The van der Waals surface area contributed by atoms with Gasteiger partial charge in [0.15, 0.2) is 5.69 Å². The molecule has 3 N–H and O–H groups in total. The number of anilines is 1. The first kappa shape index (κ1) is 22.1. The number of carboxylic acid groups (broad SMARTS) is 1. The smallest absolute Gasteiger partial charge is 0.407 e. The quantitative estimate of drug-likeness (QED) is 0.509. The van der Waals surface area contributed by atoms with Gasteiger partial charge in [0.1, 0.15) is 6.61 Å². The van der Waals surface area contributed by atoms with Gasteiger partial charge in [-0.15, -0.1) is 0 Å². The fraction of sp³-hybridized carbons (Fsp3) is 0.250. The third kappa shape index (κ3) is 4.57. The second kappa shape index (κ2) is 9.15. The summed E-state index contributed by atoms with van der Waals surface area (Å²) < 4.78 is 6.65. The van der Waals surface area contributed by atoms with Gasteiger partial charge in [0.25, 0.3) is 0 Å². The Morgan fingerprint density at radius 2 is 1.70 bits per heavy atom. The van der Waals surface area contributed by atoms with Gasteiger partial charge >= 0.3 is 12.1 Å². The fourth-order valence-electron chi connectivity index (χ4n) is 4.15. The average molecular weight is 448 g/mol. The van der Waals surface area contributed by atoms with E-state index in [1.807, 2.05) is 36.4 Å². The molecule has 9 nitrogen and oxygen atoms in total. The maximum Gasteiger partial charge on any atom is 0.407 e. The van der Waals surface area contributed by atoms with E-state index in [-0.39, 0.29) is 30.3 Å². The first-order valence-electron chi connectivity index (χ1n) is 10.5. The Morgan fingerprint density at radius 3 is 2.30 bits per heavy atom. The van der Waals surface area contributed by atoms with Gasteiger partial charge in [-0.1, -0.05) is 48.5 Å². The van der Waals surface area contributed by atoms with Crippen molar-refractivity contribution in [3.63, 3.8) is 0 Å². The Bertz CT molecular complexity index is 1170. The van der Waals surface area contributed by atoms with Gasteiger partial charge in [0, 0.05) is 25.4 Å². The van der Waals surface area contributed by atoms with Crippen molar-refractivity contribution in [1.29, 1.82) is 0 Å². The molecule has 0 saturated heterocycles. The minimum absolute atomic E-state index is 0.0539. The van der Waals surface area contributed by atoms with Gasteiger partial charge in [-0.3, -0.25) is 9.48 Å². The number of benzene rings is 2. The van der Waals surface area contributed by atoms with E-state index in [2.05, 4.69) is 27.9 Å². The molecule has 4 rings (SSSR count). The van der Waals surface area contributed by atoms with Crippen molar-refractivity contribution in [2.24, 2.45) is 7.05 Å². The zero-order valence-corrected chi connectivity index (χ0v) is 18.2. The Labute approximate surface area is 190 Å². The predicted molar refractivity (Wildman–Crippen MR) is 121 cm³/mol. The van der Waals surface area contributed by atoms with Crippen molar-refractivity contribution >= 4 is 23.7 Å². The Hall–Kier alpha value is -4.14. The molecule has 1 aliphatic rings. The number of amides is 2. The van der Waals surface area contributed by atoms with Crippen molar-refractivity contribution < 1.29 is 24.2 Å². The highest BCUT2D eigenvalue weighted by Crippen LogP contribution is 2.44. The first-order valence-corrected chi connectivity index (χ1v) is 10.5. The van der Waals surface area contributed by atoms with Crippen molar-refractivity contribution in [3.8, 4) is 11.1 Å². The average Bonchev–Trinajstić information content (AvgIpc) is 3.29. The van der Waals surface area contributed by atoms with Crippen LogP contribution in [0.3, 0.4) is 0 Å². The van der Waals surface area contributed by atoms with E-state index in [9.17, 15) is 19.5 Å². The third-order valence-corrected chi connectivity index (χ3v) is 5.61. The van der Waals surface area contributed by atoms with Crippen LogP contribution >= 0.6 is 0 Å². The molecule has 2 aromatic carbocycles. The lowest BCUT2D eigenvalue weighted by Crippen LogP contribution is -2.36. The molecule has 0 bridgehead atoms. The Balaban J connectivity index is 1.32. The molecule has 1 aromatic heterocycles. The van der Waals surface area contributed by atoms with Crippen LogP contribution < -0.4 is 10.6 Å². The monoisotopic (exact) mass is 448 g/mol. The summed E-state index contributed by atoms with van der Waals surface area (Å²) in [7, 11) is 1.47. The summed E-state index contributed by atoms with van der Waals surface area (Å²) in [6, 6.07) is 15.6. The molecule has 1 heterocycles. The van der Waals surface area contributed by atoms with Crippen LogP contribution in [0.1, 0.15) is 40.9 Å². The molecular formula is C24H24N4O5. The number of hydrogen-bond donors (Lipinski definition) is 3. The van der Waals surface area contributed by atoms with Crippen LogP contribution in [0.25, 0.3) is 11.1 Å². The number of ether oxygens (including phenoxy) is 1. The zero-order chi connectivity index (χ0) is 23.5. The van der Waals surface area contributed by atoms with E-state index in [1.165, 1.54) is 13.2 Å². The number of rotatable bonds is 7. The second-order valence-corrected chi connectivity index (χ2v) is 7.96. The van der Waals surface area contributed by atoms with Crippen LogP contribution in [0, 0.1) is 0 Å². The van der Waals surface area contributed by atoms with Crippen LogP contribution in [-0.4, -0.2) is 45.5 Å². The topological polar surface area (TPSA) is 123 Å². The standard InChI is InChI=1S/C24H24N4O5/c1-14(11-21(29)27-20-12-25-28(2)22(20)23(30)31)26-24(32)33-13-19-17-9-5-3-7-15(17)16-8-4-6-10-18(16)19/h3-10,12,14,19H,11,13H2,1-2H3,(H,26,32)(H,27,29)(H,30,31)/t14-/m1/s1. The molecule has 2 amide bonds. The maximum atomic E-state index is 12.4. The third-order valence-electron chi connectivity index (χ3n) is 5.61. The van der Waals surface area contributed by atoms with Gasteiger partial charge in [-0.25, -0.2) is 9.59 Å². The predicted octanol–water partition coefficient (Wildman–Crippen LogP) is 3.37. The Kier molecular flexibility index (Phi) is 6.12. The lowest BCUT2D eigenvalue weighted by atomic mass is 9.98. The molecular weight excluding hydrogens is 424 g/mol. The van der Waals surface area contributed by atoms with Gasteiger partial charge in [0.2, 0.25) is 5.91 Å². The lowest BCUT2D eigenvalue weighted by Gasteiger charge is -2.17. The number of hydrogen-bond acceptors (Lipinski definition) is 5. The highest BCUT2D eigenvalue weighted by Gasteiger charge is 2.29. The largest absolute Gasteiger partial charge is 0.476 e. The summed E-state index contributed by atoms with van der Waals surface area (Å²) in [6.07, 6.45) is 0.591. The fourth-order valence-corrected chi connectivity index (χ4v) is 4.15. The van der Waals surface area contributed by atoms with Crippen molar-refractivity contribution in [1.82, 2.24) is 15.1 Å². The van der Waals surface area contributed by atoms with Crippen molar-refractivity contribution in [3.05, 3.63) is 71.5 Å². The molecule has 0 fully saturated rings.